The molecule has 3 rings (SSSR count). The fourth-order valence-electron chi connectivity index (χ4n) is 2.57. The molecule has 2 aromatic carbocycles. The predicted molar refractivity (Wildman–Crippen MR) is 83.2 cm³/mol. The number of benzene rings is 2. The summed E-state index contributed by atoms with van der Waals surface area (Å²) in [4.78, 5) is 11.7. The predicted octanol–water partition coefficient (Wildman–Crippen LogP) is 1.77. The minimum absolute atomic E-state index is 0.155. The zero-order chi connectivity index (χ0) is 17.6. The molecule has 1 aliphatic rings. The van der Waals surface area contributed by atoms with Crippen molar-refractivity contribution < 1.29 is 28.0 Å². The molecule has 0 radical (unpaired) electrons. The van der Waals surface area contributed by atoms with Gasteiger partial charge in [-0.3, -0.25) is 4.79 Å². The number of rotatable bonds is 2. The number of hydrogen-bond acceptors (Lipinski definition) is 3. The molecule has 122 valence electrons. The first kappa shape index (κ1) is 16.3. The van der Waals surface area contributed by atoms with Gasteiger partial charge in [0.25, 0.3) is 5.91 Å². The lowest BCUT2D eigenvalue weighted by Gasteiger charge is -2.13. The van der Waals surface area contributed by atoms with E-state index in [2.05, 4.69) is 11.9 Å². The van der Waals surface area contributed by atoms with Crippen LogP contribution in [0, 0.1) is 0 Å². The molecule has 0 unspecified atom stereocenters. The highest BCUT2D eigenvalue weighted by molar-refractivity contribution is 6.58. The number of alkyl halides is 3. The van der Waals surface area contributed by atoms with Crippen molar-refractivity contribution in [1.29, 1.82) is 0 Å². The van der Waals surface area contributed by atoms with Gasteiger partial charge in [-0.05, 0) is 34.8 Å². The van der Waals surface area contributed by atoms with Crippen molar-refractivity contribution in [2.45, 2.75) is 6.18 Å². The normalized spacial score (nSPS) is 13.7. The van der Waals surface area contributed by atoms with Crippen LogP contribution in [0.5, 0.6) is 0 Å². The Morgan fingerprint density at radius 2 is 1.71 bits per heavy atom. The van der Waals surface area contributed by atoms with Crippen LogP contribution < -0.4 is 10.8 Å². The number of carbonyl (C=O) groups is 1. The Kier molecular flexibility index (Phi) is 3.73. The molecule has 4 nitrogen and oxygen atoms in total. The first-order valence-electron chi connectivity index (χ1n) is 6.90. The van der Waals surface area contributed by atoms with Gasteiger partial charge in [0, 0.05) is 16.8 Å². The SMILES string of the molecule is C=C1NC(=O)c2ccc(-c3cc(B(O)O)cc(C(F)(F)F)c3)cc21. The maximum Gasteiger partial charge on any atom is 0.488 e. The molecule has 24 heavy (non-hydrogen) atoms. The van der Waals surface area contributed by atoms with Gasteiger partial charge in [0.05, 0.1) is 5.56 Å². The Balaban J connectivity index is 2.16. The molecule has 8 heteroatoms. The molecule has 3 N–H and O–H groups in total. The van der Waals surface area contributed by atoms with Crippen LogP contribution in [-0.4, -0.2) is 23.1 Å². The zero-order valence-electron chi connectivity index (χ0n) is 12.2. The van der Waals surface area contributed by atoms with Crippen molar-refractivity contribution in [3.05, 3.63) is 59.7 Å². The molecule has 0 fully saturated rings. The summed E-state index contributed by atoms with van der Waals surface area (Å²) in [6.07, 6.45) is -4.63. The Labute approximate surface area is 135 Å². The summed E-state index contributed by atoms with van der Waals surface area (Å²) in [6, 6.07) is 7.40. The number of halogens is 3. The van der Waals surface area contributed by atoms with Crippen LogP contribution in [0.25, 0.3) is 16.8 Å². The molecule has 0 atom stereocenters. The van der Waals surface area contributed by atoms with E-state index >= 15 is 0 Å². The van der Waals surface area contributed by atoms with E-state index in [0.29, 0.717) is 28.5 Å². The third-order valence-corrected chi connectivity index (χ3v) is 3.77. The van der Waals surface area contributed by atoms with E-state index in [0.717, 1.165) is 6.07 Å². The van der Waals surface area contributed by atoms with Crippen LogP contribution in [0.3, 0.4) is 0 Å². The first-order valence-corrected chi connectivity index (χ1v) is 6.90. The topological polar surface area (TPSA) is 69.6 Å². The van der Waals surface area contributed by atoms with E-state index in [4.69, 9.17) is 0 Å². The summed E-state index contributed by atoms with van der Waals surface area (Å²) in [7, 11) is -2.03. The smallest absolute Gasteiger partial charge is 0.423 e. The van der Waals surface area contributed by atoms with Crippen molar-refractivity contribution in [2.24, 2.45) is 0 Å². The first-order chi connectivity index (χ1) is 11.2. The van der Waals surface area contributed by atoms with Crippen molar-refractivity contribution in [1.82, 2.24) is 5.32 Å². The number of amides is 1. The summed E-state index contributed by atoms with van der Waals surface area (Å²) in [5.41, 5.74) is 0.553. The second-order valence-corrected chi connectivity index (χ2v) is 5.41. The van der Waals surface area contributed by atoms with Gasteiger partial charge in [-0.25, -0.2) is 0 Å². The zero-order valence-corrected chi connectivity index (χ0v) is 12.2. The number of hydrogen-bond donors (Lipinski definition) is 3. The minimum atomic E-state index is -4.63. The second kappa shape index (κ2) is 5.50. The highest BCUT2D eigenvalue weighted by Gasteiger charge is 2.32. The summed E-state index contributed by atoms with van der Waals surface area (Å²) in [5.74, 6) is -0.322. The van der Waals surface area contributed by atoms with Gasteiger partial charge >= 0.3 is 13.3 Å². The van der Waals surface area contributed by atoms with Gasteiger partial charge in [0.2, 0.25) is 0 Å². The molecular formula is C16H11BF3NO3. The summed E-state index contributed by atoms with van der Waals surface area (Å²) >= 11 is 0. The minimum Gasteiger partial charge on any atom is -0.423 e. The number of nitrogens with one attached hydrogen (secondary N) is 1. The fourth-order valence-corrected chi connectivity index (χ4v) is 2.57. The maximum atomic E-state index is 13.0. The van der Waals surface area contributed by atoms with Gasteiger partial charge < -0.3 is 15.4 Å². The van der Waals surface area contributed by atoms with Crippen molar-refractivity contribution in [3.8, 4) is 11.1 Å². The lowest BCUT2D eigenvalue weighted by atomic mass is 9.78. The van der Waals surface area contributed by atoms with Crippen molar-refractivity contribution in [3.63, 3.8) is 0 Å². The van der Waals surface area contributed by atoms with E-state index in [1.54, 1.807) is 6.07 Å². The quantitative estimate of drug-likeness (QED) is 0.734. The molecule has 0 aliphatic carbocycles. The third-order valence-electron chi connectivity index (χ3n) is 3.77. The number of fused-ring (bicyclic) bond motifs is 1. The molecule has 0 spiro atoms. The molecule has 0 aromatic heterocycles. The third kappa shape index (κ3) is 2.81. The highest BCUT2D eigenvalue weighted by atomic mass is 19.4. The Morgan fingerprint density at radius 3 is 2.33 bits per heavy atom. The van der Waals surface area contributed by atoms with Gasteiger partial charge in [-0.15, -0.1) is 0 Å². The van der Waals surface area contributed by atoms with Crippen LogP contribution in [0.2, 0.25) is 0 Å². The lowest BCUT2D eigenvalue weighted by Crippen LogP contribution is -2.31. The van der Waals surface area contributed by atoms with Crippen molar-refractivity contribution >= 4 is 24.2 Å². The van der Waals surface area contributed by atoms with E-state index in [1.165, 1.54) is 18.2 Å². The number of carbonyl (C=O) groups excluding carboxylic acids is 1. The van der Waals surface area contributed by atoms with E-state index in [-0.39, 0.29) is 16.9 Å². The molecule has 1 aliphatic heterocycles. The summed E-state index contributed by atoms with van der Waals surface area (Å²) in [5, 5.41) is 21.0. The molecule has 0 saturated carbocycles. The van der Waals surface area contributed by atoms with Crippen LogP contribution in [0.15, 0.2) is 43.0 Å². The van der Waals surface area contributed by atoms with E-state index < -0.39 is 18.9 Å². The molecular weight excluding hydrogens is 322 g/mol. The standard InChI is InChI=1S/C16H11BF3NO3/c1-8-14-6-9(2-3-13(14)15(22)21-8)10-4-11(16(18,19)20)7-12(5-10)17(23)24/h2-7,23-24H,1H2,(H,21,22). The van der Waals surface area contributed by atoms with Gasteiger partial charge in [-0.1, -0.05) is 24.8 Å². The van der Waals surface area contributed by atoms with Gasteiger partial charge in [0.15, 0.2) is 0 Å². The largest absolute Gasteiger partial charge is 0.488 e. The monoisotopic (exact) mass is 333 g/mol. The van der Waals surface area contributed by atoms with Crippen LogP contribution in [0.1, 0.15) is 21.5 Å². The Morgan fingerprint density at radius 1 is 1.00 bits per heavy atom. The average Bonchev–Trinajstić information content (AvgIpc) is 2.80. The second-order valence-electron chi connectivity index (χ2n) is 5.41. The summed E-state index contributed by atoms with van der Waals surface area (Å²) in [6.45, 7) is 3.69. The van der Waals surface area contributed by atoms with E-state index in [9.17, 15) is 28.0 Å². The Bertz CT molecular complexity index is 862. The molecule has 1 heterocycles. The fraction of sp³-hybridized carbons (Fsp3) is 0.0625. The van der Waals surface area contributed by atoms with Crippen LogP contribution in [-0.2, 0) is 6.18 Å². The Hall–Kier alpha value is -2.58. The lowest BCUT2D eigenvalue weighted by molar-refractivity contribution is -0.137. The highest BCUT2D eigenvalue weighted by Crippen LogP contribution is 2.33. The van der Waals surface area contributed by atoms with Crippen LogP contribution >= 0.6 is 0 Å². The van der Waals surface area contributed by atoms with E-state index in [1.807, 2.05) is 0 Å². The molecule has 1 amide bonds. The molecule has 0 bridgehead atoms. The molecule has 0 saturated heterocycles. The van der Waals surface area contributed by atoms with Crippen LogP contribution in [0.4, 0.5) is 13.2 Å². The summed E-state index contributed by atoms with van der Waals surface area (Å²) < 4.78 is 39.1. The molecule has 2 aromatic rings. The van der Waals surface area contributed by atoms with Gasteiger partial charge in [-0.2, -0.15) is 13.2 Å². The average molecular weight is 333 g/mol. The van der Waals surface area contributed by atoms with Crippen molar-refractivity contribution in [2.75, 3.05) is 0 Å². The maximum absolute atomic E-state index is 13.0. The van der Waals surface area contributed by atoms with Gasteiger partial charge in [0.1, 0.15) is 0 Å².